The van der Waals surface area contributed by atoms with Crippen molar-refractivity contribution in [1.29, 1.82) is 0 Å². The van der Waals surface area contributed by atoms with Crippen molar-refractivity contribution in [1.82, 2.24) is 19.1 Å². The summed E-state index contributed by atoms with van der Waals surface area (Å²) < 4.78 is 42.2. The van der Waals surface area contributed by atoms with Gasteiger partial charge in [-0.2, -0.15) is 5.10 Å². The fourth-order valence-corrected chi connectivity index (χ4v) is 7.62. The Morgan fingerprint density at radius 2 is 1.76 bits per heavy atom. The van der Waals surface area contributed by atoms with Crippen molar-refractivity contribution in [2.24, 2.45) is 7.05 Å². The van der Waals surface area contributed by atoms with Crippen LogP contribution in [0.4, 0.5) is 0 Å². The van der Waals surface area contributed by atoms with Crippen LogP contribution in [0.2, 0.25) is 0 Å². The molecule has 1 fully saturated rings. The van der Waals surface area contributed by atoms with E-state index in [0.717, 1.165) is 59.0 Å². The number of hydrogen-bond acceptors (Lipinski definition) is 7. The molecule has 2 aliphatic rings. The van der Waals surface area contributed by atoms with Gasteiger partial charge in [0.2, 0.25) is 10.0 Å². The number of rotatable bonds is 7. The zero-order valence-electron chi connectivity index (χ0n) is 27.1. The summed E-state index contributed by atoms with van der Waals surface area (Å²) in [5, 5.41) is 4.86. The summed E-state index contributed by atoms with van der Waals surface area (Å²) in [6.07, 6.45) is 7.67. The van der Waals surface area contributed by atoms with E-state index >= 15 is 0 Å². The molecule has 0 radical (unpaired) electrons. The SMILES string of the molecule is COC(=O)c1c(C)nn(C)c1C1=Cc2cc(OC)ccc2-c2c(C3CCCCC3)c3ccc(C(=O)NS(=O)(=O)C(C)C)cc3n2C1. The Morgan fingerprint density at radius 1 is 1.02 bits per heavy atom. The van der Waals surface area contributed by atoms with Gasteiger partial charge in [0, 0.05) is 29.1 Å². The first-order valence-corrected chi connectivity index (χ1v) is 17.2. The summed E-state index contributed by atoms with van der Waals surface area (Å²) in [4.78, 5) is 26.4. The average Bonchev–Trinajstić information content (AvgIpc) is 3.45. The molecule has 0 saturated heterocycles. The number of ether oxygens (including phenoxy) is 2. The van der Waals surface area contributed by atoms with Gasteiger partial charge in [-0.3, -0.25) is 9.48 Å². The Kier molecular flexibility index (Phi) is 8.30. The molecule has 2 aromatic carbocycles. The quantitative estimate of drug-likeness (QED) is 0.237. The van der Waals surface area contributed by atoms with Gasteiger partial charge in [0.25, 0.3) is 5.91 Å². The van der Waals surface area contributed by atoms with E-state index < -0.39 is 27.1 Å². The molecule has 0 atom stereocenters. The number of fused-ring (bicyclic) bond motifs is 5. The molecular weight excluding hydrogens is 604 g/mol. The van der Waals surface area contributed by atoms with Crippen molar-refractivity contribution < 1.29 is 27.5 Å². The average molecular weight is 645 g/mol. The van der Waals surface area contributed by atoms with Crippen LogP contribution in [0.3, 0.4) is 0 Å². The minimum absolute atomic E-state index is 0.253. The molecule has 11 heteroatoms. The third-order valence-corrected chi connectivity index (χ3v) is 11.0. The number of nitrogens with one attached hydrogen (secondary N) is 1. The number of esters is 1. The zero-order valence-corrected chi connectivity index (χ0v) is 28.0. The predicted octanol–water partition coefficient (Wildman–Crippen LogP) is 6.22. The number of amides is 1. The molecule has 4 aromatic rings. The molecule has 0 unspecified atom stereocenters. The number of benzene rings is 2. The molecule has 0 spiro atoms. The second kappa shape index (κ2) is 12.1. The lowest BCUT2D eigenvalue weighted by atomic mass is 9.81. The molecule has 10 nitrogen and oxygen atoms in total. The molecule has 1 amide bonds. The lowest BCUT2D eigenvalue weighted by molar-refractivity contribution is 0.0599. The monoisotopic (exact) mass is 644 g/mol. The summed E-state index contributed by atoms with van der Waals surface area (Å²) in [6, 6.07) is 11.5. The van der Waals surface area contributed by atoms with E-state index in [1.54, 1.807) is 30.8 Å². The summed E-state index contributed by atoms with van der Waals surface area (Å²) in [7, 11) is 0.988. The van der Waals surface area contributed by atoms with Crippen molar-refractivity contribution in [3.8, 4) is 17.0 Å². The van der Waals surface area contributed by atoms with E-state index in [2.05, 4.69) is 26.5 Å². The van der Waals surface area contributed by atoms with Gasteiger partial charge in [0.1, 0.15) is 11.3 Å². The van der Waals surface area contributed by atoms with E-state index in [1.807, 2.05) is 25.2 Å². The predicted molar refractivity (Wildman–Crippen MR) is 178 cm³/mol. The van der Waals surface area contributed by atoms with Crippen LogP contribution in [-0.4, -0.2) is 54.1 Å². The number of nitrogens with zero attached hydrogens (tertiary/aromatic N) is 3. The van der Waals surface area contributed by atoms with Gasteiger partial charge >= 0.3 is 5.97 Å². The highest BCUT2D eigenvalue weighted by molar-refractivity contribution is 7.90. The Hall–Kier alpha value is -4.38. The second-order valence-corrected chi connectivity index (χ2v) is 14.7. The lowest BCUT2D eigenvalue weighted by Gasteiger charge is -2.24. The number of carbonyl (C=O) groups excluding carboxylic acids is 2. The van der Waals surface area contributed by atoms with Crippen LogP contribution in [-0.2, 0) is 28.4 Å². The lowest BCUT2D eigenvalue weighted by Crippen LogP contribution is -2.35. The van der Waals surface area contributed by atoms with E-state index in [-0.39, 0.29) is 5.56 Å². The Bertz CT molecular complexity index is 2010. The van der Waals surface area contributed by atoms with Crippen LogP contribution in [0.5, 0.6) is 5.75 Å². The topological polar surface area (TPSA) is 122 Å². The van der Waals surface area contributed by atoms with E-state index in [4.69, 9.17) is 9.47 Å². The van der Waals surface area contributed by atoms with Gasteiger partial charge in [-0.05, 0) is 92.6 Å². The normalized spacial score (nSPS) is 15.2. The number of carbonyl (C=O) groups is 2. The van der Waals surface area contributed by atoms with E-state index in [1.165, 1.54) is 32.9 Å². The van der Waals surface area contributed by atoms with Gasteiger partial charge in [0.15, 0.2) is 0 Å². The molecule has 6 rings (SSSR count). The summed E-state index contributed by atoms with van der Waals surface area (Å²) in [6.45, 7) is 5.22. The number of aromatic nitrogens is 3. The van der Waals surface area contributed by atoms with Crippen molar-refractivity contribution in [3.63, 3.8) is 0 Å². The van der Waals surface area contributed by atoms with Gasteiger partial charge in [0.05, 0.1) is 43.1 Å². The second-order valence-electron chi connectivity index (χ2n) is 12.5. The summed E-state index contributed by atoms with van der Waals surface area (Å²) >= 11 is 0. The standard InChI is InChI=1S/C35H40N4O6S/c1-20(2)46(42,43)37-34(40)23-12-14-28-29(18-23)39-19-25(32-30(35(41)45-6)21(3)36-38(32)4)16-24-17-26(44-5)13-15-27(24)33(39)31(28)22-10-8-7-9-11-22/h12-18,20,22H,7-11,19H2,1-6H3,(H,37,40). The first kappa shape index (κ1) is 31.6. The Morgan fingerprint density at radius 3 is 2.43 bits per heavy atom. The molecule has 46 heavy (non-hydrogen) atoms. The fraction of sp³-hybridized carbons (Fsp3) is 0.400. The van der Waals surface area contributed by atoms with Gasteiger partial charge in [-0.1, -0.05) is 25.3 Å². The van der Waals surface area contributed by atoms with Gasteiger partial charge in [-0.25, -0.2) is 17.9 Å². The number of allylic oxidation sites excluding steroid dienone is 1. The first-order valence-electron chi connectivity index (χ1n) is 15.7. The van der Waals surface area contributed by atoms with Gasteiger partial charge < -0.3 is 14.0 Å². The van der Waals surface area contributed by atoms with Gasteiger partial charge in [-0.15, -0.1) is 0 Å². The molecule has 0 bridgehead atoms. The summed E-state index contributed by atoms with van der Waals surface area (Å²) in [5.74, 6) is -0.120. The van der Waals surface area contributed by atoms with Crippen LogP contribution in [0.15, 0.2) is 36.4 Å². The Balaban J connectivity index is 1.65. The maximum atomic E-state index is 13.3. The molecule has 242 valence electrons. The highest BCUT2D eigenvalue weighted by Crippen LogP contribution is 2.48. The number of aryl methyl sites for hydroxylation is 2. The minimum atomic E-state index is -3.82. The van der Waals surface area contributed by atoms with Crippen molar-refractivity contribution in [3.05, 3.63) is 70.0 Å². The minimum Gasteiger partial charge on any atom is -0.497 e. The first-order chi connectivity index (χ1) is 21.9. The number of methoxy groups -OCH3 is 2. The summed E-state index contributed by atoms with van der Waals surface area (Å²) in [5.41, 5.74) is 7.73. The van der Waals surface area contributed by atoms with E-state index in [9.17, 15) is 18.0 Å². The molecule has 1 aliphatic heterocycles. The third-order valence-electron chi connectivity index (χ3n) is 9.32. The molecule has 1 N–H and O–H groups in total. The highest BCUT2D eigenvalue weighted by Gasteiger charge is 2.32. The van der Waals surface area contributed by atoms with Crippen molar-refractivity contribution in [2.45, 2.75) is 70.6 Å². The number of sulfonamides is 1. The van der Waals surface area contributed by atoms with Crippen molar-refractivity contribution in [2.75, 3.05) is 14.2 Å². The van der Waals surface area contributed by atoms with E-state index in [0.29, 0.717) is 35.2 Å². The molecular formula is C35H40N4O6S. The molecule has 3 heterocycles. The maximum absolute atomic E-state index is 13.3. The largest absolute Gasteiger partial charge is 0.497 e. The van der Waals surface area contributed by atoms with Crippen LogP contribution in [0, 0.1) is 6.92 Å². The smallest absolute Gasteiger partial charge is 0.341 e. The van der Waals surface area contributed by atoms with Crippen LogP contribution < -0.4 is 9.46 Å². The van der Waals surface area contributed by atoms with Crippen LogP contribution >= 0.6 is 0 Å². The molecule has 1 aliphatic carbocycles. The molecule has 2 aromatic heterocycles. The maximum Gasteiger partial charge on any atom is 0.341 e. The van der Waals surface area contributed by atoms with Crippen molar-refractivity contribution >= 4 is 44.5 Å². The zero-order chi connectivity index (χ0) is 32.9. The number of hydrogen-bond donors (Lipinski definition) is 1. The third kappa shape index (κ3) is 5.40. The fourth-order valence-electron chi connectivity index (χ4n) is 7.01. The van der Waals surface area contributed by atoms with Crippen LogP contribution in [0.25, 0.3) is 33.8 Å². The highest BCUT2D eigenvalue weighted by atomic mass is 32.2. The van der Waals surface area contributed by atoms with Crippen LogP contribution in [0.1, 0.15) is 95.1 Å². The Labute approximate surface area is 269 Å². The molecule has 1 saturated carbocycles.